The van der Waals surface area contributed by atoms with E-state index in [0.29, 0.717) is 22.7 Å². The number of fused-ring (bicyclic) bond motifs is 2. The maximum atomic E-state index is 13.4. The van der Waals surface area contributed by atoms with Crippen molar-refractivity contribution in [3.63, 3.8) is 0 Å². The Balaban J connectivity index is 1.30. The highest BCUT2D eigenvalue weighted by Crippen LogP contribution is 2.32. The molecule has 9 nitrogen and oxygen atoms in total. The van der Waals surface area contributed by atoms with E-state index in [1.165, 1.54) is 12.1 Å². The lowest BCUT2D eigenvalue weighted by Gasteiger charge is -2.37. The Hall–Kier alpha value is -4.70. The molecule has 1 aliphatic heterocycles. The fraction of sp³-hybridized carbons (Fsp3) is 0.115. The van der Waals surface area contributed by atoms with E-state index in [4.69, 9.17) is 15.7 Å². The molecule has 7 rings (SSSR count). The van der Waals surface area contributed by atoms with E-state index in [0.717, 1.165) is 52.1 Å². The normalized spacial score (nSPS) is 14.0. The summed E-state index contributed by atoms with van der Waals surface area (Å²) in [7, 11) is 0. The SMILES string of the molecule is NC1CN(c2cncc(-c3ccc4[nH]nc(-c5nc6c(-c7ccc(F)cc7)nccc6[nH]5)c4c3)n2)C1. The predicted molar refractivity (Wildman–Crippen MR) is 136 cm³/mol. The Bertz CT molecular complexity index is 1730. The van der Waals surface area contributed by atoms with Crippen molar-refractivity contribution < 1.29 is 4.39 Å². The van der Waals surface area contributed by atoms with Gasteiger partial charge in [-0.15, -0.1) is 0 Å². The molecule has 4 N–H and O–H groups in total. The van der Waals surface area contributed by atoms with Crippen molar-refractivity contribution in [2.75, 3.05) is 18.0 Å². The second kappa shape index (κ2) is 7.92. The minimum atomic E-state index is -0.295. The molecular weight excluding hydrogens is 457 g/mol. The Kier molecular flexibility index (Phi) is 4.55. The van der Waals surface area contributed by atoms with Gasteiger partial charge in [-0.2, -0.15) is 5.10 Å². The van der Waals surface area contributed by atoms with Gasteiger partial charge in [0.05, 0.1) is 34.8 Å². The summed E-state index contributed by atoms with van der Waals surface area (Å²) < 4.78 is 13.4. The standard InChI is InChI=1S/C26H20FN9/c27-16-4-1-14(2-5-16)23-25-20(7-8-30-23)32-26(33-25)24-18-9-15(3-6-19(18)34-35-24)21-10-29-11-22(31-21)36-12-17(28)13-36/h1-11,17H,12-13,28H2,(H,32,33)(H,34,35). The molecule has 0 amide bonds. The first-order valence-electron chi connectivity index (χ1n) is 11.5. The van der Waals surface area contributed by atoms with Crippen LogP contribution in [0.5, 0.6) is 0 Å². The van der Waals surface area contributed by atoms with Gasteiger partial charge in [-0.25, -0.2) is 14.4 Å². The quantitative estimate of drug-likeness (QED) is 0.351. The molecule has 1 fully saturated rings. The lowest BCUT2D eigenvalue weighted by molar-refractivity contribution is 0.514. The lowest BCUT2D eigenvalue weighted by Crippen LogP contribution is -2.56. The molecule has 10 heteroatoms. The molecule has 176 valence electrons. The van der Waals surface area contributed by atoms with Crippen LogP contribution in [0.1, 0.15) is 0 Å². The van der Waals surface area contributed by atoms with Gasteiger partial charge in [0.1, 0.15) is 22.8 Å². The summed E-state index contributed by atoms with van der Waals surface area (Å²) in [5, 5.41) is 8.53. The molecule has 36 heavy (non-hydrogen) atoms. The third-order valence-electron chi connectivity index (χ3n) is 6.46. The minimum Gasteiger partial charge on any atom is -0.352 e. The van der Waals surface area contributed by atoms with Crippen molar-refractivity contribution in [1.82, 2.24) is 35.1 Å². The largest absolute Gasteiger partial charge is 0.352 e. The topological polar surface area (TPSA) is 125 Å². The van der Waals surface area contributed by atoms with E-state index in [2.05, 4.69) is 30.0 Å². The summed E-state index contributed by atoms with van der Waals surface area (Å²) in [4.78, 5) is 24.0. The van der Waals surface area contributed by atoms with E-state index in [1.54, 1.807) is 30.7 Å². The summed E-state index contributed by atoms with van der Waals surface area (Å²) in [5.41, 5.74) is 12.2. The van der Waals surface area contributed by atoms with Gasteiger partial charge < -0.3 is 15.6 Å². The smallest absolute Gasteiger partial charge is 0.159 e. The summed E-state index contributed by atoms with van der Waals surface area (Å²) in [5.74, 6) is 1.13. The Morgan fingerprint density at radius 1 is 0.917 bits per heavy atom. The molecule has 0 unspecified atom stereocenters. The van der Waals surface area contributed by atoms with Crippen LogP contribution in [0.15, 0.2) is 67.1 Å². The van der Waals surface area contributed by atoms with Gasteiger partial charge in [-0.1, -0.05) is 6.07 Å². The molecule has 0 aliphatic carbocycles. The first-order valence-corrected chi connectivity index (χ1v) is 11.5. The third-order valence-corrected chi connectivity index (χ3v) is 6.46. The number of nitrogens with zero attached hydrogens (tertiary/aromatic N) is 6. The van der Waals surface area contributed by atoms with Crippen molar-refractivity contribution >= 4 is 27.8 Å². The predicted octanol–water partition coefficient (Wildman–Crippen LogP) is 3.91. The number of hydrogen-bond donors (Lipinski definition) is 3. The van der Waals surface area contributed by atoms with Gasteiger partial charge in [-0.3, -0.25) is 15.1 Å². The molecule has 0 atom stereocenters. The number of benzene rings is 2. The van der Waals surface area contributed by atoms with Gasteiger partial charge >= 0.3 is 0 Å². The second-order valence-corrected chi connectivity index (χ2v) is 8.91. The van der Waals surface area contributed by atoms with Crippen molar-refractivity contribution in [2.24, 2.45) is 5.73 Å². The van der Waals surface area contributed by atoms with Crippen LogP contribution in [-0.4, -0.2) is 54.2 Å². The lowest BCUT2D eigenvalue weighted by atomic mass is 10.1. The zero-order valence-corrected chi connectivity index (χ0v) is 19.0. The number of hydrogen-bond acceptors (Lipinski definition) is 7. The molecular formula is C26H20FN9. The summed E-state index contributed by atoms with van der Waals surface area (Å²) in [6.45, 7) is 1.56. The average Bonchev–Trinajstić information content (AvgIpc) is 3.51. The Morgan fingerprint density at radius 3 is 2.58 bits per heavy atom. The zero-order chi connectivity index (χ0) is 24.2. The molecule has 4 aromatic heterocycles. The monoisotopic (exact) mass is 477 g/mol. The van der Waals surface area contributed by atoms with E-state index in [-0.39, 0.29) is 11.9 Å². The molecule has 0 spiro atoms. The molecule has 0 radical (unpaired) electrons. The molecule has 6 aromatic rings. The van der Waals surface area contributed by atoms with Gasteiger partial charge in [-0.05, 0) is 42.5 Å². The number of rotatable bonds is 4. The van der Waals surface area contributed by atoms with Crippen LogP contribution in [0.2, 0.25) is 0 Å². The first-order chi connectivity index (χ1) is 17.6. The van der Waals surface area contributed by atoms with Gasteiger partial charge in [0, 0.05) is 41.8 Å². The van der Waals surface area contributed by atoms with Crippen LogP contribution in [0.3, 0.4) is 0 Å². The minimum absolute atomic E-state index is 0.183. The third kappa shape index (κ3) is 3.38. The van der Waals surface area contributed by atoms with Crippen molar-refractivity contribution in [1.29, 1.82) is 0 Å². The van der Waals surface area contributed by atoms with E-state index >= 15 is 0 Å². The second-order valence-electron chi connectivity index (χ2n) is 8.91. The van der Waals surface area contributed by atoms with Crippen LogP contribution in [0, 0.1) is 5.82 Å². The number of H-pyrrole nitrogens is 2. The van der Waals surface area contributed by atoms with Crippen LogP contribution >= 0.6 is 0 Å². The summed E-state index contributed by atoms with van der Waals surface area (Å²) >= 11 is 0. The Morgan fingerprint density at radius 2 is 1.75 bits per heavy atom. The Labute approximate surface area is 204 Å². The van der Waals surface area contributed by atoms with E-state index in [1.807, 2.05) is 24.3 Å². The highest BCUT2D eigenvalue weighted by atomic mass is 19.1. The number of aromatic amines is 2. The number of imidazole rings is 1. The number of anilines is 1. The van der Waals surface area contributed by atoms with Gasteiger partial charge in [0.25, 0.3) is 0 Å². The maximum Gasteiger partial charge on any atom is 0.159 e. The molecule has 1 aliphatic rings. The number of nitrogens with two attached hydrogens (primary N) is 1. The van der Waals surface area contributed by atoms with Gasteiger partial charge in [0.2, 0.25) is 0 Å². The molecule has 0 bridgehead atoms. The number of pyridine rings is 1. The van der Waals surface area contributed by atoms with Crippen LogP contribution < -0.4 is 10.6 Å². The highest BCUT2D eigenvalue weighted by molar-refractivity contribution is 5.97. The summed E-state index contributed by atoms with van der Waals surface area (Å²) in [6.07, 6.45) is 5.23. The average molecular weight is 478 g/mol. The number of halogens is 1. The van der Waals surface area contributed by atoms with E-state index < -0.39 is 0 Å². The fourth-order valence-electron chi connectivity index (χ4n) is 4.57. The van der Waals surface area contributed by atoms with Crippen molar-refractivity contribution in [3.05, 3.63) is 72.9 Å². The zero-order valence-electron chi connectivity index (χ0n) is 19.0. The molecule has 0 saturated carbocycles. The summed E-state index contributed by atoms with van der Waals surface area (Å²) in [6, 6.07) is 14.3. The maximum absolute atomic E-state index is 13.4. The van der Waals surface area contributed by atoms with Crippen molar-refractivity contribution in [2.45, 2.75) is 6.04 Å². The molecule has 1 saturated heterocycles. The van der Waals surface area contributed by atoms with Crippen LogP contribution in [0.25, 0.3) is 56.0 Å². The van der Waals surface area contributed by atoms with E-state index in [9.17, 15) is 4.39 Å². The molecule has 2 aromatic carbocycles. The number of nitrogens with one attached hydrogen (secondary N) is 2. The molecule has 5 heterocycles. The highest BCUT2D eigenvalue weighted by Gasteiger charge is 2.25. The van der Waals surface area contributed by atoms with Gasteiger partial charge in [0.15, 0.2) is 5.82 Å². The number of aromatic nitrogens is 7. The fourth-order valence-corrected chi connectivity index (χ4v) is 4.57. The first kappa shape index (κ1) is 20.7. The van der Waals surface area contributed by atoms with Crippen molar-refractivity contribution in [3.8, 4) is 34.0 Å². The van der Waals surface area contributed by atoms with Crippen LogP contribution in [-0.2, 0) is 0 Å². The van der Waals surface area contributed by atoms with Crippen LogP contribution in [0.4, 0.5) is 10.2 Å².